The smallest absolute Gasteiger partial charge is 0.322 e. The average molecular weight is 322 g/mol. The zero-order valence-corrected chi connectivity index (χ0v) is 14.0. The van der Waals surface area contributed by atoms with Gasteiger partial charge in [-0.15, -0.1) is 11.3 Å². The Kier molecular flexibility index (Phi) is 5.24. The third-order valence-corrected chi connectivity index (χ3v) is 4.54. The molecular weight excluding hydrogens is 300 g/mol. The van der Waals surface area contributed by atoms with E-state index in [1.165, 1.54) is 0 Å². The van der Waals surface area contributed by atoms with Crippen LogP contribution in [0.2, 0.25) is 0 Å². The molecule has 1 aromatic heterocycles. The van der Waals surface area contributed by atoms with Gasteiger partial charge in [0.25, 0.3) is 0 Å². The molecule has 0 bridgehead atoms. The summed E-state index contributed by atoms with van der Waals surface area (Å²) in [7, 11) is 1.85. The number of aliphatic carboxylic acids is 1. The minimum absolute atomic E-state index is 0.442. The zero-order chi connectivity index (χ0) is 16.3. The number of likely N-dealkylation sites (N-methyl/N-ethyl adjacent to an activating group) is 1. The number of hydrogen-bond donors (Lipinski definition) is 2. The molecule has 1 fully saturated rings. The highest BCUT2D eigenvalue weighted by Gasteiger charge is 2.29. The van der Waals surface area contributed by atoms with Crippen LogP contribution in [0.4, 0.5) is 0 Å². The van der Waals surface area contributed by atoms with Crippen LogP contribution in [0, 0.1) is 11.8 Å². The van der Waals surface area contributed by atoms with E-state index in [0.29, 0.717) is 6.54 Å². The summed E-state index contributed by atoms with van der Waals surface area (Å²) in [5, 5.41) is 18.9. The van der Waals surface area contributed by atoms with Crippen molar-refractivity contribution in [2.24, 2.45) is 0 Å². The summed E-state index contributed by atoms with van der Waals surface area (Å²) in [4.78, 5) is 17.4. The van der Waals surface area contributed by atoms with Gasteiger partial charge in [-0.3, -0.25) is 14.6 Å². The minimum Gasteiger partial charge on any atom is -0.480 e. The van der Waals surface area contributed by atoms with Gasteiger partial charge in [-0.05, 0) is 33.0 Å². The van der Waals surface area contributed by atoms with Gasteiger partial charge in [-0.2, -0.15) is 0 Å². The summed E-state index contributed by atoms with van der Waals surface area (Å²) in [5.74, 6) is 5.01. The van der Waals surface area contributed by atoms with E-state index < -0.39 is 17.6 Å². The van der Waals surface area contributed by atoms with E-state index in [1.54, 1.807) is 25.2 Å². The lowest BCUT2D eigenvalue weighted by molar-refractivity contribution is -0.145. The van der Waals surface area contributed by atoms with E-state index >= 15 is 0 Å². The molecule has 2 N–H and O–H groups in total. The van der Waals surface area contributed by atoms with Crippen LogP contribution in [0.25, 0.3) is 0 Å². The zero-order valence-electron chi connectivity index (χ0n) is 13.2. The van der Waals surface area contributed by atoms with Gasteiger partial charge in [0.05, 0.1) is 4.88 Å². The first kappa shape index (κ1) is 17.0. The van der Waals surface area contributed by atoms with E-state index in [2.05, 4.69) is 16.7 Å². The largest absolute Gasteiger partial charge is 0.480 e. The molecule has 2 rings (SSSR count). The lowest BCUT2D eigenvalue weighted by atomic mass is 10.1. The average Bonchev–Trinajstić information content (AvgIpc) is 2.85. The highest BCUT2D eigenvalue weighted by atomic mass is 32.1. The van der Waals surface area contributed by atoms with Crippen LogP contribution in [0.1, 0.15) is 23.6 Å². The highest BCUT2D eigenvalue weighted by molar-refractivity contribution is 7.12. The van der Waals surface area contributed by atoms with Crippen LogP contribution in [-0.4, -0.2) is 64.3 Å². The van der Waals surface area contributed by atoms with Gasteiger partial charge in [0.2, 0.25) is 0 Å². The number of rotatable bonds is 3. The van der Waals surface area contributed by atoms with Gasteiger partial charge in [0.1, 0.15) is 11.6 Å². The fourth-order valence-electron chi connectivity index (χ4n) is 2.31. The standard InChI is InChI=1S/C16H22N2O3S/c1-16(2,21)7-6-12-4-5-13(22-12)10-18-9-8-17(3)14(11-18)15(19)20/h4-5,14,21H,8-11H2,1-3H3,(H,19,20)/t14-/m0/s1. The minimum atomic E-state index is -0.990. The molecule has 1 aliphatic heterocycles. The Balaban J connectivity index is 1.98. The molecule has 0 amide bonds. The first-order chi connectivity index (χ1) is 10.2. The number of carboxylic acids is 1. The van der Waals surface area contributed by atoms with E-state index in [4.69, 9.17) is 0 Å². The molecular formula is C16H22N2O3S. The summed E-state index contributed by atoms with van der Waals surface area (Å²) in [5.41, 5.74) is -0.990. The first-order valence-electron chi connectivity index (χ1n) is 7.24. The molecule has 0 saturated carbocycles. The number of piperazine rings is 1. The lowest BCUT2D eigenvalue weighted by Crippen LogP contribution is -2.54. The van der Waals surface area contributed by atoms with Crippen molar-refractivity contribution in [2.45, 2.75) is 32.0 Å². The van der Waals surface area contributed by atoms with Crippen molar-refractivity contribution in [3.8, 4) is 11.8 Å². The normalized spacial score (nSPS) is 20.5. The predicted molar refractivity (Wildman–Crippen MR) is 86.8 cm³/mol. The maximum absolute atomic E-state index is 11.2. The molecule has 0 spiro atoms. The second-order valence-electron chi connectivity index (χ2n) is 6.14. The first-order valence-corrected chi connectivity index (χ1v) is 8.06. The van der Waals surface area contributed by atoms with Crippen molar-refractivity contribution in [3.05, 3.63) is 21.9 Å². The molecule has 2 heterocycles. The molecule has 0 unspecified atom stereocenters. The summed E-state index contributed by atoms with van der Waals surface area (Å²) in [6.07, 6.45) is 0. The van der Waals surface area contributed by atoms with E-state index in [1.807, 2.05) is 24.1 Å². The summed E-state index contributed by atoms with van der Waals surface area (Å²) in [6.45, 7) is 6.22. The SMILES string of the molecule is CN1CCN(Cc2ccc(C#CC(C)(C)O)s2)C[C@H]1C(=O)O. The van der Waals surface area contributed by atoms with Crippen LogP contribution in [0.15, 0.2) is 12.1 Å². The van der Waals surface area contributed by atoms with Gasteiger partial charge in [-0.1, -0.05) is 11.8 Å². The van der Waals surface area contributed by atoms with Crippen LogP contribution in [-0.2, 0) is 11.3 Å². The Morgan fingerprint density at radius 2 is 2.18 bits per heavy atom. The number of aliphatic hydroxyl groups is 1. The molecule has 1 saturated heterocycles. The van der Waals surface area contributed by atoms with Crippen molar-refractivity contribution in [1.82, 2.24) is 9.80 Å². The maximum atomic E-state index is 11.2. The van der Waals surface area contributed by atoms with Crippen LogP contribution in [0.5, 0.6) is 0 Å². The summed E-state index contributed by atoms with van der Waals surface area (Å²) < 4.78 is 0. The maximum Gasteiger partial charge on any atom is 0.322 e. The van der Waals surface area contributed by atoms with Crippen LogP contribution >= 0.6 is 11.3 Å². The fraction of sp³-hybridized carbons (Fsp3) is 0.562. The number of nitrogens with zero attached hydrogens (tertiary/aromatic N) is 2. The quantitative estimate of drug-likeness (QED) is 0.815. The lowest BCUT2D eigenvalue weighted by Gasteiger charge is -2.36. The Labute approximate surface area is 135 Å². The van der Waals surface area contributed by atoms with E-state index in [0.717, 1.165) is 29.4 Å². The second kappa shape index (κ2) is 6.80. The molecule has 0 aromatic carbocycles. The Morgan fingerprint density at radius 3 is 2.82 bits per heavy atom. The van der Waals surface area contributed by atoms with Gasteiger partial charge >= 0.3 is 5.97 Å². The van der Waals surface area contributed by atoms with Gasteiger partial charge < -0.3 is 10.2 Å². The topological polar surface area (TPSA) is 64.0 Å². The third kappa shape index (κ3) is 4.82. The summed E-state index contributed by atoms with van der Waals surface area (Å²) >= 11 is 1.59. The van der Waals surface area contributed by atoms with Gasteiger partial charge in [-0.25, -0.2) is 0 Å². The van der Waals surface area contributed by atoms with Gasteiger partial charge in [0, 0.05) is 31.1 Å². The number of carbonyl (C=O) groups is 1. The molecule has 1 atom stereocenters. The Hall–Kier alpha value is -1.39. The number of hydrogen-bond acceptors (Lipinski definition) is 5. The Morgan fingerprint density at radius 1 is 1.45 bits per heavy atom. The molecule has 0 aliphatic carbocycles. The Bertz CT molecular complexity index is 595. The van der Waals surface area contributed by atoms with Crippen molar-refractivity contribution in [3.63, 3.8) is 0 Å². The monoisotopic (exact) mass is 322 g/mol. The number of carboxylic acid groups (broad SMARTS) is 1. The predicted octanol–water partition coefficient (Wildman–Crippen LogP) is 1.07. The van der Waals surface area contributed by atoms with Gasteiger partial charge in [0.15, 0.2) is 0 Å². The van der Waals surface area contributed by atoms with Crippen molar-refractivity contribution < 1.29 is 15.0 Å². The van der Waals surface area contributed by atoms with Crippen molar-refractivity contribution in [1.29, 1.82) is 0 Å². The molecule has 120 valence electrons. The fourth-order valence-corrected chi connectivity index (χ4v) is 3.21. The van der Waals surface area contributed by atoms with Crippen LogP contribution < -0.4 is 0 Å². The molecule has 0 radical (unpaired) electrons. The molecule has 22 heavy (non-hydrogen) atoms. The molecule has 5 nitrogen and oxygen atoms in total. The number of thiophene rings is 1. The van der Waals surface area contributed by atoms with E-state index in [9.17, 15) is 15.0 Å². The second-order valence-corrected chi connectivity index (χ2v) is 7.31. The van der Waals surface area contributed by atoms with Crippen LogP contribution in [0.3, 0.4) is 0 Å². The molecule has 1 aromatic rings. The van der Waals surface area contributed by atoms with E-state index in [-0.39, 0.29) is 0 Å². The highest BCUT2D eigenvalue weighted by Crippen LogP contribution is 2.19. The third-order valence-electron chi connectivity index (χ3n) is 3.55. The van der Waals surface area contributed by atoms with Crippen molar-refractivity contribution >= 4 is 17.3 Å². The molecule has 6 heteroatoms. The van der Waals surface area contributed by atoms with Crippen molar-refractivity contribution in [2.75, 3.05) is 26.7 Å². The summed E-state index contributed by atoms with van der Waals surface area (Å²) in [6, 6.07) is 3.53. The molecule has 1 aliphatic rings.